The van der Waals surface area contributed by atoms with Gasteiger partial charge in [-0.3, -0.25) is 4.90 Å². The SMILES string of the molecule is CC1O[C@@H](OCN(Cc2ccccc2)C(=O)OCc2ccccc2)C(N=[N+]=[N-])[C@@H](C)[C@H]1C. The number of hydrogen-bond donors (Lipinski definition) is 0. The molecule has 1 heterocycles. The van der Waals surface area contributed by atoms with E-state index >= 15 is 0 Å². The van der Waals surface area contributed by atoms with Crippen LogP contribution in [0.15, 0.2) is 65.8 Å². The van der Waals surface area contributed by atoms with Gasteiger partial charge in [0.05, 0.1) is 18.7 Å². The summed E-state index contributed by atoms with van der Waals surface area (Å²) in [6, 6.07) is 18.6. The molecule has 8 heteroatoms. The van der Waals surface area contributed by atoms with Gasteiger partial charge >= 0.3 is 6.09 Å². The Hall–Kier alpha value is -3.06. The van der Waals surface area contributed by atoms with Crippen LogP contribution < -0.4 is 0 Å². The lowest BCUT2D eigenvalue weighted by Gasteiger charge is -2.42. The lowest BCUT2D eigenvalue weighted by Crippen LogP contribution is -2.49. The zero-order valence-corrected chi connectivity index (χ0v) is 18.7. The molecule has 1 aliphatic rings. The Morgan fingerprint density at radius 2 is 1.66 bits per heavy atom. The highest BCUT2D eigenvalue weighted by atomic mass is 16.7. The van der Waals surface area contributed by atoms with Gasteiger partial charge in [0.15, 0.2) is 6.29 Å². The lowest BCUT2D eigenvalue weighted by atomic mass is 9.83. The van der Waals surface area contributed by atoms with Crippen LogP contribution in [0.5, 0.6) is 0 Å². The van der Waals surface area contributed by atoms with Gasteiger partial charge in [0.1, 0.15) is 13.3 Å². The zero-order chi connectivity index (χ0) is 22.9. The van der Waals surface area contributed by atoms with Crippen molar-refractivity contribution in [2.24, 2.45) is 17.0 Å². The second kappa shape index (κ2) is 11.5. The van der Waals surface area contributed by atoms with Crippen molar-refractivity contribution in [2.75, 3.05) is 6.73 Å². The van der Waals surface area contributed by atoms with Crippen molar-refractivity contribution >= 4 is 6.09 Å². The van der Waals surface area contributed by atoms with Gasteiger partial charge in [0.2, 0.25) is 0 Å². The molecule has 8 nitrogen and oxygen atoms in total. The van der Waals surface area contributed by atoms with Crippen LogP contribution >= 0.6 is 0 Å². The molecule has 0 radical (unpaired) electrons. The zero-order valence-electron chi connectivity index (χ0n) is 18.7. The van der Waals surface area contributed by atoms with Crippen LogP contribution in [-0.2, 0) is 27.4 Å². The third-order valence-corrected chi connectivity index (χ3v) is 6.00. The number of hydrogen-bond acceptors (Lipinski definition) is 5. The Morgan fingerprint density at radius 3 is 2.28 bits per heavy atom. The first-order valence-electron chi connectivity index (χ1n) is 10.8. The van der Waals surface area contributed by atoms with Crippen LogP contribution in [0.2, 0.25) is 0 Å². The van der Waals surface area contributed by atoms with Crippen molar-refractivity contribution < 1.29 is 19.0 Å². The fraction of sp³-hybridized carbons (Fsp3) is 0.458. The predicted octanol–water partition coefficient (Wildman–Crippen LogP) is 5.50. The number of ether oxygens (including phenoxy) is 3. The smallest absolute Gasteiger partial charge is 0.412 e. The Morgan fingerprint density at radius 1 is 1.03 bits per heavy atom. The summed E-state index contributed by atoms with van der Waals surface area (Å²) in [5.41, 5.74) is 10.9. The van der Waals surface area contributed by atoms with Crippen molar-refractivity contribution in [1.82, 2.24) is 4.90 Å². The summed E-state index contributed by atoms with van der Waals surface area (Å²) in [5, 5.41) is 3.91. The van der Waals surface area contributed by atoms with Crippen LogP contribution in [-0.4, -0.2) is 36.2 Å². The minimum atomic E-state index is -0.743. The Balaban J connectivity index is 1.69. The topological polar surface area (TPSA) is 96.8 Å². The highest BCUT2D eigenvalue weighted by molar-refractivity contribution is 5.67. The first-order chi connectivity index (χ1) is 15.5. The monoisotopic (exact) mass is 438 g/mol. The molecule has 0 spiro atoms. The summed E-state index contributed by atoms with van der Waals surface area (Å²) < 4.78 is 17.5. The molecule has 1 aliphatic heterocycles. The van der Waals surface area contributed by atoms with Crippen molar-refractivity contribution in [3.63, 3.8) is 0 Å². The second-order valence-corrected chi connectivity index (χ2v) is 8.14. The molecular formula is C24H30N4O4. The molecule has 0 N–H and O–H groups in total. The van der Waals surface area contributed by atoms with Crippen LogP contribution in [0.25, 0.3) is 10.4 Å². The first-order valence-corrected chi connectivity index (χ1v) is 10.8. The highest BCUT2D eigenvalue weighted by Gasteiger charge is 2.40. The molecule has 2 aromatic carbocycles. The van der Waals surface area contributed by atoms with Crippen molar-refractivity contribution in [3.05, 3.63) is 82.2 Å². The van der Waals surface area contributed by atoms with E-state index in [9.17, 15) is 4.79 Å². The van der Waals surface area contributed by atoms with Gasteiger partial charge in [-0.25, -0.2) is 4.79 Å². The summed E-state index contributed by atoms with van der Waals surface area (Å²) in [5.74, 6) is 0.286. The third kappa shape index (κ3) is 6.23. The largest absolute Gasteiger partial charge is 0.444 e. The second-order valence-electron chi connectivity index (χ2n) is 8.14. The number of carbonyl (C=O) groups is 1. The molecule has 1 fully saturated rings. The molecule has 2 unspecified atom stereocenters. The maximum atomic E-state index is 12.9. The van der Waals surface area contributed by atoms with E-state index in [2.05, 4.69) is 16.9 Å². The van der Waals surface area contributed by atoms with Gasteiger partial charge in [-0.15, -0.1) is 0 Å². The highest BCUT2D eigenvalue weighted by Crippen LogP contribution is 2.33. The number of amides is 1. The van der Waals surface area contributed by atoms with Crippen LogP contribution in [0, 0.1) is 11.8 Å². The number of azide groups is 1. The summed E-state index contributed by atoms with van der Waals surface area (Å²) in [7, 11) is 0. The Kier molecular flexibility index (Phi) is 8.50. The fourth-order valence-electron chi connectivity index (χ4n) is 3.70. The molecule has 1 saturated heterocycles. The van der Waals surface area contributed by atoms with Gasteiger partial charge in [0, 0.05) is 4.91 Å². The average Bonchev–Trinajstić information content (AvgIpc) is 2.82. The Labute approximate surface area is 188 Å². The molecule has 0 aromatic heterocycles. The molecule has 2 aromatic rings. The summed E-state index contributed by atoms with van der Waals surface area (Å²) in [6.07, 6.45) is -1.30. The van der Waals surface area contributed by atoms with Crippen LogP contribution in [0.3, 0.4) is 0 Å². The maximum absolute atomic E-state index is 12.9. The predicted molar refractivity (Wildman–Crippen MR) is 120 cm³/mol. The molecule has 3 rings (SSSR count). The lowest BCUT2D eigenvalue weighted by molar-refractivity contribution is -0.237. The normalized spacial score (nSPS) is 24.9. The summed E-state index contributed by atoms with van der Waals surface area (Å²) >= 11 is 0. The van der Waals surface area contributed by atoms with Crippen molar-refractivity contribution in [1.29, 1.82) is 0 Å². The van der Waals surface area contributed by atoms with Gasteiger partial charge in [0.25, 0.3) is 0 Å². The van der Waals surface area contributed by atoms with Gasteiger partial charge in [-0.05, 0) is 35.4 Å². The van der Waals surface area contributed by atoms with E-state index in [1.165, 1.54) is 4.90 Å². The summed E-state index contributed by atoms with van der Waals surface area (Å²) in [6.45, 7) is 6.48. The third-order valence-electron chi connectivity index (χ3n) is 6.00. The number of rotatable bonds is 8. The van der Waals surface area contributed by atoms with E-state index < -0.39 is 18.4 Å². The van der Waals surface area contributed by atoms with Crippen LogP contribution in [0.4, 0.5) is 4.79 Å². The molecule has 0 saturated carbocycles. The number of benzene rings is 2. The van der Waals surface area contributed by atoms with Crippen LogP contribution in [0.1, 0.15) is 31.9 Å². The van der Waals surface area contributed by atoms with Gasteiger partial charge in [-0.1, -0.05) is 79.6 Å². The fourth-order valence-corrected chi connectivity index (χ4v) is 3.70. The van der Waals surface area contributed by atoms with E-state index in [4.69, 9.17) is 19.7 Å². The van der Waals surface area contributed by atoms with E-state index in [1.54, 1.807) is 0 Å². The molecule has 32 heavy (non-hydrogen) atoms. The molecule has 5 atom stereocenters. The molecule has 170 valence electrons. The van der Waals surface area contributed by atoms with E-state index in [0.717, 1.165) is 11.1 Å². The quantitative estimate of drug-likeness (QED) is 0.235. The Bertz CT molecular complexity index is 905. The van der Waals surface area contributed by atoms with E-state index in [0.29, 0.717) is 6.54 Å². The van der Waals surface area contributed by atoms with Gasteiger partial charge in [-0.2, -0.15) is 0 Å². The minimum absolute atomic E-state index is 0.0571. The van der Waals surface area contributed by atoms with E-state index in [1.807, 2.05) is 74.5 Å². The number of carbonyl (C=O) groups excluding carboxylic acids is 1. The average molecular weight is 439 g/mol. The maximum Gasteiger partial charge on any atom is 0.412 e. The van der Waals surface area contributed by atoms with E-state index in [-0.39, 0.29) is 31.3 Å². The standard InChI is InChI=1S/C24H30N4O4/c1-17-18(2)22(26-27-25)23(32-19(17)3)31-16-28(14-20-10-6-4-7-11-20)24(29)30-15-21-12-8-5-9-13-21/h4-13,17-19,22-23H,14-16H2,1-3H3/t17-,18+,19?,22?,23-/m1/s1. The van der Waals surface area contributed by atoms with Crippen molar-refractivity contribution in [3.8, 4) is 0 Å². The van der Waals surface area contributed by atoms with Crippen molar-refractivity contribution in [2.45, 2.75) is 52.4 Å². The summed E-state index contributed by atoms with van der Waals surface area (Å²) in [4.78, 5) is 17.3. The number of nitrogens with zero attached hydrogens (tertiary/aromatic N) is 4. The first kappa shape index (κ1) is 23.6. The molecule has 0 bridgehead atoms. The molecule has 1 amide bonds. The van der Waals surface area contributed by atoms with Gasteiger partial charge < -0.3 is 14.2 Å². The molecule has 0 aliphatic carbocycles. The molecular weight excluding hydrogens is 408 g/mol. The minimum Gasteiger partial charge on any atom is -0.444 e.